The summed E-state index contributed by atoms with van der Waals surface area (Å²) in [6.45, 7) is 29.8. The average Bonchev–Trinajstić information content (AvgIpc) is 2.29. The predicted molar refractivity (Wildman–Crippen MR) is 118 cm³/mol. The van der Waals surface area contributed by atoms with Gasteiger partial charge in [-0.3, -0.25) is 0 Å². The molecule has 0 saturated carbocycles. The molecule has 0 nitrogen and oxygen atoms in total. The summed E-state index contributed by atoms with van der Waals surface area (Å²) in [4.78, 5) is 0. The van der Waals surface area contributed by atoms with Crippen molar-refractivity contribution in [1.82, 2.24) is 0 Å². The Bertz CT molecular complexity index is 202. The summed E-state index contributed by atoms with van der Waals surface area (Å²) in [5.74, 6) is 0. The molecule has 0 N–H and O–H groups in total. The van der Waals surface area contributed by atoms with Crippen LogP contribution in [0.15, 0.2) is 25.3 Å². The van der Waals surface area contributed by atoms with Crippen LogP contribution >= 0.6 is 0 Å². The fourth-order valence-electron chi connectivity index (χ4n) is 2.83. The minimum atomic E-state index is -0.814. The van der Waals surface area contributed by atoms with E-state index in [1.54, 1.807) is 17.8 Å². The van der Waals surface area contributed by atoms with E-state index < -0.39 is 16.1 Å². The molecule has 146 valence electrons. The van der Waals surface area contributed by atoms with E-state index in [1.807, 2.05) is 13.8 Å². The molecule has 0 aromatic heterocycles. The number of hydrogen-bond acceptors (Lipinski definition) is 0. The first kappa shape index (κ1) is 34.8. The van der Waals surface area contributed by atoms with Crippen LogP contribution in [-0.2, 0) is 20.4 Å². The quantitative estimate of drug-likeness (QED) is 0.280. The molecule has 3 heteroatoms. The van der Waals surface area contributed by atoms with Crippen LogP contribution in [0.2, 0.25) is 43.9 Å². The molecular weight excluding hydrogens is 403 g/mol. The van der Waals surface area contributed by atoms with Crippen molar-refractivity contribution in [3.05, 3.63) is 25.3 Å². The second-order valence-electron chi connectivity index (χ2n) is 7.53. The summed E-state index contributed by atoms with van der Waals surface area (Å²) >= 11 is 0. The second-order valence-corrected chi connectivity index (χ2v) is 18.6. The first-order valence-corrected chi connectivity index (χ1v) is 16.0. The maximum Gasteiger partial charge on any atom is 0.0447 e. The Morgan fingerprint density at radius 2 is 0.870 bits per heavy atom. The molecule has 0 fully saturated rings. The van der Waals surface area contributed by atoms with Crippen molar-refractivity contribution in [3.8, 4) is 0 Å². The smallest absolute Gasteiger partial charge is 0.0447 e. The third kappa shape index (κ3) is 45.0. The second kappa shape index (κ2) is 24.8. The maximum absolute atomic E-state index is 3.36. The normalized spacial score (nSPS) is 9.48. The van der Waals surface area contributed by atoms with Crippen LogP contribution in [0.25, 0.3) is 0 Å². The van der Waals surface area contributed by atoms with E-state index in [2.05, 4.69) is 67.0 Å². The summed E-state index contributed by atoms with van der Waals surface area (Å²) in [5, 5.41) is 0. The van der Waals surface area contributed by atoms with Gasteiger partial charge in [0.15, 0.2) is 0 Å². The standard InChI is InChI=1S/C11H28Si2.C3H8.2C3H6.Pd/c1-7-9-12(3,4)11-13(5,6)10-8-2;3*1-3-2;/h7-11H2,1-6H3;3H2,1-2H3;2*3H,1H2,2H3;. The summed E-state index contributed by atoms with van der Waals surface area (Å²) in [6.07, 6.45) is 7.55. The topological polar surface area (TPSA) is 0 Å². The Morgan fingerprint density at radius 1 is 0.696 bits per heavy atom. The van der Waals surface area contributed by atoms with Gasteiger partial charge in [0.25, 0.3) is 0 Å². The van der Waals surface area contributed by atoms with Gasteiger partial charge in [0.05, 0.1) is 0 Å². The average molecular weight is 451 g/mol. The van der Waals surface area contributed by atoms with Crippen molar-refractivity contribution < 1.29 is 20.4 Å². The van der Waals surface area contributed by atoms with Crippen molar-refractivity contribution in [2.75, 3.05) is 0 Å². The molecule has 0 spiro atoms. The van der Waals surface area contributed by atoms with Crippen LogP contribution in [-0.4, -0.2) is 16.1 Å². The van der Waals surface area contributed by atoms with Gasteiger partial charge in [-0.05, 0) is 13.8 Å². The van der Waals surface area contributed by atoms with Crippen molar-refractivity contribution in [2.45, 2.75) is 105 Å². The van der Waals surface area contributed by atoms with Gasteiger partial charge in [0.1, 0.15) is 0 Å². The van der Waals surface area contributed by atoms with Crippen LogP contribution in [0.1, 0.15) is 60.8 Å². The van der Waals surface area contributed by atoms with Gasteiger partial charge in [-0.1, -0.05) is 103 Å². The number of rotatable bonds is 6. The molecule has 0 heterocycles. The molecule has 0 aromatic carbocycles. The monoisotopic (exact) mass is 450 g/mol. The van der Waals surface area contributed by atoms with Crippen LogP contribution in [0.5, 0.6) is 0 Å². The van der Waals surface area contributed by atoms with Gasteiger partial charge in [0.2, 0.25) is 0 Å². The zero-order valence-corrected chi connectivity index (χ0v) is 21.7. The molecule has 0 aromatic rings. The SMILES string of the molecule is C=CC.C=CC.CCC.CCC[Si](C)(C)C[Si](C)(C)CCC.[Pd]. The molecule has 0 saturated heterocycles. The van der Waals surface area contributed by atoms with Crippen molar-refractivity contribution in [3.63, 3.8) is 0 Å². The van der Waals surface area contributed by atoms with Gasteiger partial charge in [-0.15, -0.1) is 13.2 Å². The molecule has 0 atom stereocenters. The minimum Gasteiger partial charge on any atom is -0.103 e. The summed E-state index contributed by atoms with van der Waals surface area (Å²) < 4.78 is 0. The molecule has 0 unspecified atom stereocenters. The van der Waals surface area contributed by atoms with E-state index in [1.165, 1.54) is 31.4 Å². The van der Waals surface area contributed by atoms with E-state index in [0.29, 0.717) is 0 Å². The van der Waals surface area contributed by atoms with Gasteiger partial charge >= 0.3 is 0 Å². The van der Waals surface area contributed by atoms with E-state index in [4.69, 9.17) is 0 Å². The van der Waals surface area contributed by atoms with Gasteiger partial charge in [-0.2, -0.15) is 0 Å². The fraction of sp³-hybridized carbons (Fsp3) is 0.800. The molecule has 0 aliphatic rings. The summed E-state index contributed by atoms with van der Waals surface area (Å²) in [7, 11) is -1.63. The van der Waals surface area contributed by atoms with Crippen LogP contribution in [0.3, 0.4) is 0 Å². The summed E-state index contributed by atoms with van der Waals surface area (Å²) in [6, 6.07) is 3.07. The molecule has 0 bridgehead atoms. The van der Waals surface area contributed by atoms with E-state index in [0.717, 1.165) is 0 Å². The van der Waals surface area contributed by atoms with Gasteiger partial charge in [0, 0.05) is 36.6 Å². The molecule has 0 aliphatic carbocycles. The first-order valence-electron chi connectivity index (χ1n) is 9.21. The van der Waals surface area contributed by atoms with Crippen molar-refractivity contribution >= 4 is 16.1 Å². The Kier molecular flexibility index (Phi) is 37.6. The zero-order valence-electron chi connectivity index (χ0n) is 18.1. The summed E-state index contributed by atoms with van der Waals surface area (Å²) in [5.41, 5.74) is 1.64. The third-order valence-corrected chi connectivity index (χ3v) is 14.2. The molecule has 0 amide bonds. The molecule has 0 radical (unpaired) electrons. The first-order chi connectivity index (χ1) is 10.1. The number of allylic oxidation sites excluding steroid dienone is 2. The van der Waals surface area contributed by atoms with E-state index in [-0.39, 0.29) is 20.4 Å². The van der Waals surface area contributed by atoms with Gasteiger partial charge in [-0.25, -0.2) is 0 Å². The molecule has 0 aliphatic heterocycles. The number of hydrogen-bond donors (Lipinski definition) is 0. The van der Waals surface area contributed by atoms with Crippen LogP contribution < -0.4 is 0 Å². The van der Waals surface area contributed by atoms with Crippen molar-refractivity contribution in [2.24, 2.45) is 0 Å². The maximum atomic E-state index is 3.36. The van der Waals surface area contributed by atoms with Gasteiger partial charge < -0.3 is 0 Å². The molecule has 0 rings (SSSR count). The fourth-order valence-corrected chi connectivity index (χ4v) is 17.3. The van der Waals surface area contributed by atoms with E-state index >= 15 is 0 Å². The van der Waals surface area contributed by atoms with Crippen molar-refractivity contribution in [1.29, 1.82) is 0 Å². The molecule has 23 heavy (non-hydrogen) atoms. The minimum absolute atomic E-state index is 0. The van der Waals surface area contributed by atoms with E-state index in [9.17, 15) is 0 Å². The Hall–Kier alpha value is 0.576. The zero-order chi connectivity index (χ0) is 18.7. The largest absolute Gasteiger partial charge is 0.103 e. The molecular formula is C20H48PdSi2. The third-order valence-electron chi connectivity index (χ3n) is 2.81. The van der Waals surface area contributed by atoms with Crippen LogP contribution in [0, 0.1) is 0 Å². The Balaban J connectivity index is -0.0000000900. The Labute approximate surface area is 166 Å². The van der Waals surface area contributed by atoms with Crippen LogP contribution in [0.4, 0.5) is 0 Å². The Morgan fingerprint density at radius 3 is 1.00 bits per heavy atom. The predicted octanol–water partition coefficient (Wildman–Crippen LogP) is 8.56.